The van der Waals surface area contributed by atoms with Gasteiger partial charge in [-0.05, 0) is 17.5 Å². The smallest absolute Gasteiger partial charge is 0.258 e. The lowest BCUT2D eigenvalue weighted by Crippen LogP contribution is -1.90. The average Bonchev–Trinajstić information content (AvgIpc) is 2.19. The number of hydrogen-bond acceptors (Lipinski definition) is 2. The highest BCUT2D eigenvalue weighted by molar-refractivity contribution is 9.11. The second-order valence-corrected chi connectivity index (χ2v) is 3.63. The number of hydrogen-bond donors (Lipinski definition) is 0. The van der Waals surface area contributed by atoms with Crippen molar-refractivity contribution in [1.29, 1.82) is 0 Å². The van der Waals surface area contributed by atoms with Gasteiger partial charge in [-0.2, -0.15) is 0 Å². The van der Waals surface area contributed by atoms with Crippen LogP contribution in [-0.2, 0) is 6.42 Å². The van der Waals surface area contributed by atoms with Crippen molar-refractivity contribution in [2.45, 2.75) is 13.3 Å². The lowest BCUT2D eigenvalue weighted by Gasteiger charge is -1.96. The Bertz CT molecular complexity index is 357. The van der Waals surface area contributed by atoms with Gasteiger partial charge in [0.25, 0.3) is 0 Å². The zero-order valence-electron chi connectivity index (χ0n) is 7.74. The highest BCUT2D eigenvalue weighted by atomic mass is 79.9. The molecule has 0 aliphatic rings. The number of benzene rings is 1. The molecule has 14 heavy (non-hydrogen) atoms. The maximum Gasteiger partial charge on any atom is 0.311 e. The van der Waals surface area contributed by atoms with Crippen molar-refractivity contribution in [1.82, 2.24) is 0 Å². The van der Waals surface area contributed by atoms with Gasteiger partial charge in [0.1, 0.15) is 0 Å². The summed E-state index contributed by atoms with van der Waals surface area (Å²) in [6.07, 6.45) is 2.46. The van der Waals surface area contributed by atoms with Crippen molar-refractivity contribution in [2.24, 2.45) is 0 Å². The fourth-order valence-electron chi connectivity index (χ4n) is 1.04. The normalized spacial score (nSPS) is 11.4. The summed E-state index contributed by atoms with van der Waals surface area (Å²) in [7, 11) is 0. The standard InChI is InChI=1S/C10H10BrNO2/c1-2-8-3-5-9(6-4-8)7-10(11)12(13)14/h3-7H,2H2,1H3/b10-7+. The summed E-state index contributed by atoms with van der Waals surface area (Å²) < 4.78 is -0.0262. The van der Waals surface area contributed by atoms with E-state index in [1.165, 1.54) is 11.6 Å². The van der Waals surface area contributed by atoms with Crippen LogP contribution in [0.2, 0.25) is 0 Å². The van der Waals surface area contributed by atoms with Gasteiger partial charge in [0, 0.05) is 22.0 Å². The summed E-state index contributed by atoms with van der Waals surface area (Å²) in [4.78, 5) is 9.85. The van der Waals surface area contributed by atoms with Gasteiger partial charge in [-0.1, -0.05) is 31.2 Å². The number of nitrogens with zero attached hydrogens (tertiary/aromatic N) is 1. The molecule has 0 unspecified atom stereocenters. The summed E-state index contributed by atoms with van der Waals surface area (Å²) in [6.45, 7) is 2.07. The van der Waals surface area contributed by atoms with Gasteiger partial charge >= 0.3 is 4.61 Å². The first kappa shape index (κ1) is 10.9. The molecule has 74 valence electrons. The summed E-state index contributed by atoms with van der Waals surface area (Å²) in [6, 6.07) is 7.66. The van der Waals surface area contributed by atoms with Gasteiger partial charge in [-0.3, -0.25) is 10.1 Å². The van der Waals surface area contributed by atoms with Crippen LogP contribution in [0.15, 0.2) is 28.9 Å². The van der Waals surface area contributed by atoms with E-state index in [4.69, 9.17) is 0 Å². The van der Waals surface area contributed by atoms with Gasteiger partial charge < -0.3 is 0 Å². The lowest BCUT2D eigenvalue weighted by atomic mass is 10.1. The van der Waals surface area contributed by atoms with E-state index >= 15 is 0 Å². The Balaban J connectivity index is 2.88. The van der Waals surface area contributed by atoms with Gasteiger partial charge in [0.05, 0.1) is 4.92 Å². The molecule has 0 aliphatic heterocycles. The third-order valence-corrected chi connectivity index (χ3v) is 2.37. The average molecular weight is 256 g/mol. The van der Waals surface area contributed by atoms with Crippen molar-refractivity contribution in [2.75, 3.05) is 0 Å². The molecule has 0 aromatic heterocycles. The number of nitro groups is 1. The Hall–Kier alpha value is -1.16. The first-order chi connectivity index (χ1) is 6.63. The molecule has 1 aromatic carbocycles. The van der Waals surface area contributed by atoms with Gasteiger partial charge in [-0.15, -0.1) is 0 Å². The zero-order valence-corrected chi connectivity index (χ0v) is 9.32. The molecule has 0 atom stereocenters. The molecule has 0 amide bonds. The number of rotatable bonds is 3. The predicted octanol–water partition coefficient (Wildman–Crippen LogP) is 3.22. The summed E-state index contributed by atoms with van der Waals surface area (Å²) in [5, 5.41) is 10.3. The van der Waals surface area contributed by atoms with E-state index in [0.717, 1.165) is 12.0 Å². The van der Waals surface area contributed by atoms with Crippen LogP contribution in [0.25, 0.3) is 6.08 Å². The molecule has 0 bridgehead atoms. The maximum absolute atomic E-state index is 10.3. The Morgan fingerprint density at radius 3 is 2.50 bits per heavy atom. The molecule has 0 saturated heterocycles. The minimum absolute atomic E-state index is 0.0262. The first-order valence-electron chi connectivity index (χ1n) is 4.24. The Morgan fingerprint density at radius 1 is 1.50 bits per heavy atom. The van der Waals surface area contributed by atoms with Crippen molar-refractivity contribution >= 4 is 22.0 Å². The van der Waals surface area contributed by atoms with Gasteiger partial charge in [-0.25, -0.2) is 0 Å². The minimum atomic E-state index is -0.465. The predicted molar refractivity (Wildman–Crippen MR) is 59.7 cm³/mol. The van der Waals surface area contributed by atoms with Crippen LogP contribution in [0.4, 0.5) is 0 Å². The third kappa shape index (κ3) is 2.96. The highest BCUT2D eigenvalue weighted by Gasteiger charge is 2.03. The monoisotopic (exact) mass is 255 g/mol. The molecule has 1 rings (SSSR count). The van der Waals surface area contributed by atoms with Crippen LogP contribution in [0, 0.1) is 10.1 Å². The lowest BCUT2D eigenvalue weighted by molar-refractivity contribution is -0.407. The molecule has 0 fully saturated rings. The Morgan fingerprint density at radius 2 is 2.07 bits per heavy atom. The fourth-order valence-corrected chi connectivity index (χ4v) is 1.30. The van der Waals surface area contributed by atoms with Crippen molar-refractivity contribution in [3.05, 3.63) is 50.1 Å². The van der Waals surface area contributed by atoms with Crippen molar-refractivity contribution < 1.29 is 4.92 Å². The zero-order chi connectivity index (χ0) is 10.6. The number of aryl methyl sites for hydroxylation is 1. The molecule has 0 spiro atoms. The molecule has 0 heterocycles. The highest BCUT2D eigenvalue weighted by Crippen LogP contribution is 2.13. The molecular formula is C10H10BrNO2. The second kappa shape index (κ2) is 4.91. The quantitative estimate of drug-likeness (QED) is 0.473. The molecule has 0 saturated carbocycles. The number of halogens is 1. The minimum Gasteiger partial charge on any atom is -0.258 e. The van der Waals surface area contributed by atoms with Crippen molar-refractivity contribution in [3.8, 4) is 0 Å². The molecule has 4 heteroatoms. The molecule has 3 nitrogen and oxygen atoms in total. The van der Waals surface area contributed by atoms with E-state index in [1.54, 1.807) is 0 Å². The van der Waals surface area contributed by atoms with E-state index in [2.05, 4.69) is 22.9 Å². The molecule has 1 aromatic rings. The maximum atomic E-state index is 10.3. The first-order valence-corrected chi connectivity index (χ1v) is 5.03. The molecule has 0 N–H and O–H groups in total. The van der Waals surface area contributed by atoms with Gasteiger partial charge in [0.15, 0.2) is 0 Å². The van der Waals surface area contributed by atoms with E-state index in [9.17, 15) is 10.1 Å². The Labute approximate surface area is 90.7 Å². The van der Waals surface area contributed by atoms with Crippen LogP contribution < -0.4 is 0 Å². The Kier molecular flexibility index (Phi) is 3.83. The SMILES string of the molecule is CCc1ccc(/C=C(\Br)[N+](=O)[O-])cc1. The summed E-state index contributed by atoms with van der Waals surface area (Å²) >= 11 is 2.88. The van der Waals surface area contributed by atoms with Gasteiger partial charge in [0.2, 0.25) is 0 Å². The van der Waals surface area contributed by atoms with Crippen LogP contribution in [-0.4, -0.2) is 4.92 Å². The van der Waals surface area contributed by atoms with Crippen LogP contribution in [0.5, 0.6) is 0 Å². The molecule has 0 radical (unpaired) electrons. The van der Waals surface area contributed by atoms with Crippen LogP contribution in [0.1, 0.15) is 18.1 Å². The fraction of sp³-hybridized carbons (Fsp3) is 0.200. The van der Waals surface area contributed by atoms with E-state index in [1.807, 2.05) is 24.3 Å². The van der Waals surface area contributed by atoms with E-state index < -0.39 is 4.92 Å². The largest absolute Gasteiger partial charge is 0.311 e. The molecular weight excluding hydrogens is 246 g/mol. The summed E-state index contributed by atoms with van der Waals surface area (Å²) in [5.74, 6) is 0. The van der Waals surface area contributed by atoms with Crippen LogP contribution >= 0.6 is 15.9 Å². The van der Waals surface area contributed by atoms with E-state index in [-0.39, 0.29) is 4.61 Å². The van der Waals surface area contributed by atoms with Crippen LogP contribution in [0.3, 0.4) is 0 Å². The second-order valence-electron chi connectivity index (χ2n) is 2.82. The van der Waals surface area contributed by atoms with E-state index in [0.29, 0.717) is 0 Å². The van der Waals surface area contributed by atoms with Crippen molar-refractivity contribution in [3.63, 3.8) is 0 Å². The third-order valence-electron chi connectivity index (χ3n) is 1.85. The molecule has 0 aliphatic carbocycles. The summed E-state index contributed by atoms with van der Waals surface area (Å²) in [5.41, 5.74) is 2.05. The topological polar surface area (TPSA) is 43.1 Å².